The first-order valence-electron chi connectivity index (χ1n) is 7.71. The number of likely N-dealkylation sites (N-methyl/N-ethyl adjacent to an activating group) is 1. The van der Waals surface area contributed by atoms with Gasteiger partial charge in [-0.15, -0.1) is 0 Å². The summed E-state index contributed by atoms with van der Waals surface area (Å²) in [5.41, 5.74) is 7.17. The molecule has 118 valence electrons. The molecule has 1 aromatic carbocycles. The van der Waals surface area contributed by atoms with Gasteiger partial charge in [-0.2, -0.15) is 0 Å². The van der Waals surface area contributed by atoms with Gasteiger partial charge in [0.1, 0.15) is 13.2 Å². The van der Waals surface area contributed by atoms with Crippen molar-refractivity contribution < 1.29 is 14.2 Å². The molecular weight excluding hydrogens is 268 g/mol. The van der Waals surface area contributed by atoms with E-state index in [4.69, 9.17) is 19.9 Å². The second kappa shape index (κ2) is 8.22. The zero-order valence-electron chi connectivity index (χ0n) is 13.0. The Labute approximate surface area is 127 Å². The summed E-state index contributed by atoms with van der Waals surface area (Å²) in [4.78, 5) is 2.33. The normalized spacial score (nSPS) is 15.2. The summed E-state index contributed by atoms with van der Waals surface area (Å²) in [6.45, 7) is 9.22. The quantitative estimate of drug-likeness (QED) is 0.741. The molecule has 1 aromatic rings. The molecule has 1 atom stereocenters. The lowest BCUT2D eigenvalue weighted by molar-refractivity contribution is 0.0978. The van der Waals surface area contributed by atoms with Gasteiger partial charge in [0.25, 0.3) is 0 Å². The van der Waals surface area contributed by atoms with Crippen molar-refractivity contribution in [2.45, 2.75) is 19.9 Å². The van der Waals surface area contributed by atoms with Crippen molar-refractivity contribution >= 4 is 0 Å². The van der Waals surface area contributed by atoms with Gasteiger partial charge in [-0.05, 0) is 31.2 Å². The minimum atomic E-state index is 0.172. The number of hydrogen-bond acceptors (Lipinski definition) is 5. The van der Waals surface area contributed by atoms with Gasteiger partial charge in [0.05, 0.1) is 6.61 Å². The topological polar surface area (TPSA) is 57.0 Å². The number of fused-ring (bicyclic) bond motifs is 1. The van der Waals surface area contributed by atoms with E-state index in [1.165, 1.54) is 5.56 Å². The Hall–Kier alpha value is -1.30. The molecule has 2 rings (SSSR count). The molecule has 21 heavy (non-hydrogen) atoms. The minimum absolute atomic E-state index is 0.172. The summed E-state index contributed by atoms with van der Waals surface area (Å²) in [5.74, 6) is 1.64. The van der Waals surface area contributed by atoms with E-state index in [1.54, 1.807) is 0 Å². The van der Waals surface area contributed by atoms with Gasteiger partial charge >= 0.3 is 0 Å². The second-order valence-electron chi connectivity index (χ2n) is 4.98. The third-order valence-corrected chi connectivity index (χ3v) is 3.75. The highest BCUT2D eigenvalue weighted by Gasteiger charge is 2.20. The van der Waals surface area contributed by atoms with E-state index in [2.05, 4.69) is 24.0 Å². The summed E-state index contributed by atoms with van der Waals surface area (Å²) >= 11 is 0. The Balaban J connectivity index is 2.11. The van der Waals surface area contributed by atoms with E-state index in [0.29, 0.717) is 19.8 Å². The molecule has 0 radical (unpaired) electrons. The largest absolute Gasteiger partial charge is 0.486 e. The van der Waals surface area contributed by atoms with Gasteiger partial charge in [0.2, 0.25) is 0 Å². The molecule has 0 aromatic heterocycles. The molecule has 0 amide bonds. The Morgan fingerprint density at radius 2 is 2.00 bits per heavy atom. The molecule has 0 spiro atoms. The summed E-state index contributed by atoms with van der Waals surface area (Å²) in [7, 11) is 0. The zero-order chi connectivity index (χ0) is 15.1. The summed E-state index contributed by atoms with van der Waals surface area (Å²) in [6, 6.07) is 6.28. The predicted octanol–water partition coefficient (Wildman–Crippen LogP) is 1.82. The van der Waals surface area contributed by atoms with Crippen molar-refractivity contribution in [3.05, 3.63) is 23.8 Å². The molecular formula is C16H26N2O3. The predicted molar refractivity (Wildman–Crippen MR) is 83.0 cm³/mol. The summed E-state index contributed by atoms with van der Waals surface area (Å²) in [5, 5.41) is 0. The number of benzene rings is 1. The molecule has 5 nitrogen and oxygen atoms in total. The van der Waals surface area contributed by atoms with Crippen molar-refractivity contribution in [1.82, 2.24) is 4.90 Å². The van der Waals surface area contributed by atoms with Gasteiger partial charge in [0.15, 0.2) is 11.5 Å². The number of hydrogen-bond donors (Lipinski definition) is 1. The molecule has 0 bridgehead atoms. The maximum absolute atomic E-state index is 6.01. The molecule has 1 heterocycles. The smallest absolute Gasteiger partial charge is 0.161 e. The van der Waals surface area contributed by atoms with Crippen LogP contribution in [0.1, 0.15) is 25.5 Å². The molecule has 1 unspecified atom stereocenters. The maximum atomic E-state index is 6.01. The lowest BCUT2D eigenvalue weighted by atomic mass is 10.0. The zero-order valence-corrected chi connectivity index (χ0v) is 13.0. The van der Waals surface area contributed by atoms with Crippen molar-refractivity contribution in [2.75, 3.05) is 46.1 Å². The van der Waals surface area contributed by atoms with Crippen LogP contribution in [-0.2, 0) is 4.74 Å². The van der Waals surface area contributed by atoms with Crippen LogP contribution in [0.15, 0.2) is 18.2 Å². The maximum Gasteiger partial charge on any atom is 0.161 e. The van der Waals surface area contributed by atoms with Crippen LogP contribution in [0.2, 0.25) is 0 Å². The molecule has 0 saturated heterocycles. The molecule has 1 aliphatic heterocycles. The van der Waals surface area contributed by atoms with E-state index >= 15 is 0 Å². The highest BCUT2D eigenvalue weighted by Crippen LogP contribution is 2.33. The van der Waals surface area contributed by atoms with Crippen LogP contribution in [0.5, 0.6) is 11.5 Å². The van der Waals surface area contributed by atoms with Gasteiger partial charge in [-0.3, -0.25) is 4.90 Å². The second-order valence-corrected chi connectivity index (χ2v) is 4.98. The summed E-state index contributed by atoms with van der Waals surface area (Å²) in [6.07, 6.45) is 0. The number of nitrogens with zero attached hydrogens (tertiary/aromatic N) is 1. The van der Waals surface area contributed by atoms with Crippen LogP contribution >= 0.6 is 0 Å². The molecule has 0 fully saturated rings. The standard InChI is InChI=1S/C16H26N2O3/c1-3-18(7-8-19-4-2)14(12-17)13-5-6-15-16(11-13)21-10-9-20-15/h5-6,11,14H,3-4,7-10,12,17H2,1-2H3. The lowest BCUT2D eigenvalue weighted by Crippen LogP contribution is -2.36. The molecule has 0 saturated carbocycles. The fourth-order valence-corrected chi connectivity index (χ4v) is 2.62. The minimum Gasteiger partial charge on any atom is -0.486 e. The average Bonchev–Trinajstić information content (AvgIpc) is 2.54. The van der Waals surface area contributed by atoms with Crippen molar-refractivity contribution in [2.24, 2.45) is 5.73 Å². The van der Waals surface area contributed by atoms with Crippen LogP contribution < -0.4 is 15.2 Å². The molecule has 1 aliphatic rings. The third kappa shape index (κ3) is 4.09. The molecule has 5 heteroatoms. The highest BCUT2D eigenvalue weighted by molar-refractivity contribution is 5.44. The van der Waals surface area contributed by atoms with E-state index in [-0.39, 0.29) is 6.04 Å². The highest BCUT2D eigenvalue weighted by atomic mass is 16.6. The van der Waals surface area contributed by atoms with Gasteiger partial charge in [0, 0.05) is 25.7 Å². The Bertz CT molecular complexity index is 440. The van der Waals surface area contributed by atoms with Crippen molar-refractivity contribution in [1.29, 1.82) is 0 Å². The number of ether oxygens (including phenoxy) is 3. The van der Waals surface area contributed by atoms with Crippen LogP contribution in [0.25, 0.3) is 0 Å². The molecule has 0 aliphatic carbocycles. The van der Waals surface area contributed by atoms with E-state index in [0.717, 1.165) is 37.8 Å². The first kappa shape index (κ1) is 16.1. The first-order chi connectivity index (χ1) is 10.3. The van der Waals surface area contributed by atoms with Crippen molar-refractivity contribution in [3.63, 3.8) is 0 Å². The first-order valence-corrected chi connectivity index (χ1v) is 7.71. The fourth-order valence-electron chi connectivity index (χ4n) is 2.62. The Morgan fingerprint density at radius 3 is 2.67 bits per heavy atom. The fraction of sp³-hybridized carbons (Fsp3) is 0.625. The van der Waals surface area contributed by atoms with Gasteiger partial charge < -0.3 is 19.9 Å². The third-order valence-electron chi connectivity index (χ3n) is 3.75. The Kier molecular flexibility index (Phi) is 6.29. The lowest BCUT2D eigenvalue weighted by Gasteiger charge is -2.31. The van der Waals surface area contributed by atoms with Crippen LogP contribution in [0.4, 0.5) is 0 Å². The monoisotopic (exact) mass is 294 g/mol. The van der Waals surface area contributed by atoms with Crippen LogP contribution in [0.3, 0.4) is 0 Å². The SMILES string of the molecule is CCOCCN(CC)C(CN)c1ccc2c(c1)OCCO2. The number of nitrogens with two attached hydrogens (primary N) is 1. The van der Waals surface area contributed by atoms with Crippen LogP contribution in [-0.4, -0.2) is 51.0 Å². The van der Waals surface area contributed by atoms with Gasteiger partial charge in [-0.25, -0.2) is 0 Å². The average molecular weight is 294 g/mol. The van der Waals surface area contributed by atoms with Crippen LogP contribution in [0, 0.1) is 0 Å². The van der Waals surface area contributed by atoms with Crippen molar-refractivity contribution in [3.8, 4) is 11.5 Å². The Morgan fingerprint density at radius 1 is 1.24 bits per heavy atom. The van der Waals surface area contributed by atoms with E-state index in [9.17, 15) is 0 Å². The molecule has 2 N–H and O–H groups in total. The van der Waals surface area contributed by atoms with Gasteiger partial charge in [-0.1, -0.05) is 13.0 Å². The number of rotatable bonds is 8. The van der Waals surface area contributed by atoms with E-state index in [1.807, 2.05) is 13.0 Å². The van der Waals surface area contributed by atoms with E-state index < -0.39 is 0 Å². The summed E-state index contributed by atoms with van der Waals surface area (Å²) < 4.78 is 16.7.